The van der Waals surface area contributed by atoms with E-state index < -0.39 is 0 Å². The number of para-hydroxylation sites is 2. The van der Waals surface area contributed by atoms with Crippen LogP contribution in [0.3, 0.4) is 0 Å². The van der Waals surface area contributed by atoms with Crippen LogP contribution >= 0.6 is 0 Å². The summed E-state index contributed by atoms with van der Waals surface area (Å²) in [6.07, 6.45) is 3.50. The Hall–Kier alpha value is -1.59. The predicted molar refractivity (Wildman–Crippen MR) is 87.3 cm³/mol. The van der Waals surface area contributed by atoms with Crippen molar-refractivity contribution < 1.29 is 14.3 Å². The molecule has 2 rings (SSSR count). The fourth-order valence-electron chi connectivity index (χ4n) is 2.59. The lowest BCUT2D eigenvalue weighted by atomic mass is 10.0. The van der Waals surface area contributed by atoms with Crippen molar-refractivity contribution in [2.24, 2.45) is 5.92 Å². The molecule has 0 saturated carbocycles. The quantitative estimate of drug-likeness (QED) is 0.688. The van der Waals surface area contributed by atoms with Gasteiger partial charge in [-0.25, -0.2) is 0 Å². The number of rotatable bonds is 9. The maximum atomic E-state index is 12.1. The van der Waals surface area contributed by atoms with Gasteiger partial charge in [-0.2, -0.15) is 0 Å². The SMILES string of the molecule is COCCCOc1ccccc1NC(=O)CCC1CCNC1. The molecule has 0 aliphatic carbocycles. The molecule has 122 valence electrons. The number of benzene rings is 1. The Morgan fingerprint density at radius 3 is 3.00 bits per heavy atom. The van der Waals surface area contributed by atoms with Crippen molar-refractivity contribution >= 4 is 11.6 Å². The number of methoxy groups -OCH3 is 1. The summed E-state index contributed by atoms with van der Waals surface area (Å²) in [5.74, 6) is 1.40. The van der Waals surface area contributed by atoms with Crippen molar-refractivity contribution in [3.63, 3.8) is 0 Å². The van der Waals surface area contributed by atoms with Gasteiger partial charge in [0.1, 0.15) is 5.75 Å². The maximum absolute atomic E-state index is 12.1. The molecule has 1 aliphatic heterocycles. The molecule has 1 heterocycles. The van der Waals surface area contributed by atoms with Gasteiger partial charge in [0.15, 0.2) is 0 Å². The van der Waals surface area contributed by atoms with E-state index in [1.54, 1.807) is 7.11 Å². The summed E-state index contributed by atoms with van der Waals surface area (Å²) < 4.78 is 10.7. The second-order valence-electron chi connectivity index (χ2n) is 5.64. The molecule has 0 bridgehead atoms. The Kier molecular flexibility index (Phi) is 7.19. The van der Waals surface area contributed by atoms with Gasteiger partial charge in [-0.3, -0.25) is 4.79 Å². The van der Waals surface area contributed by atoms with Crippen molar-refractivity contribution in [2.45, 2.75) is 25.7 Å². The minimum Gasteiger partial charge on any atom is -0.491 e. The smallest absolute Gasteiger partial charge is 0.224 e. The largest absolute Gasteiger partial charge is 0.491 e. The second kappa shape index (κ2) is 9.43. The molecule has 1 fully saturated rings. The van der Waals surface area contributed by atoms with Gasteiger partial charge in [0.2, 0.25) is 5.91 Å². The summed E-state index contributed by atoms with van der Waals surface area (Å²) in [7, 11) is 1.67. The molecule has 1 unspecified atom stereocenters. The minimum atomic E-state index is 0.0554. The first-order valence-corrected chi connectivity index (χ1v) is 8.01. The Balaban J connectivity index is 1.78. The van der Waals surface area contributed by atoms with Crippen LogP contribution in [-0.2, 0) is 9.53 Å². The highest BCUT2D eigenvalue weighted by Gasteiger charge is 2.16. The van der Waals surface area contributed by atoms with Crippen molar-refractivity contribution in [1.82, 2.24) is 5.32 Å². The Bertz CT molecular complexity index is 459. The number of nitrogens with one attached hydrogen (secondary N) is 2. The van der Waals surface area contributed by atoms with E-state index in [0.29, 0.717) is 25.6 Å². The van der Waals surface area contributed by atoms with Crippen LogP contribution in [0.25, 0.3) is 0 Å². The lowest BCUT2D eigenvalue weighted by molar-refractivity contribution is -0.116. The fourth-order valence-corrected chi connectivity index (χ4v) is 2.59. The summed E-state index contributed by atoms with van der Waals surface area (Å²) in [6.45, 7) is 3.36. The molecule has 0 aromatic heterocycles. The number of hydrogen-bond donors (Lipinski definition) is 2. The van der Waals surface area contributed by atoms with Crippen LogP contribution in [0.4, 0.5) is 5.69 Å². The van der Waals surface area contributed by atoms with Crippen LogP contribution in [0.2, 0.25) is 0 Å². The molecule has 1 atom stereocenters. The van der Waals surface area contributed by atoms with Crippen LogP contribution in [0.15, 0.2) is 24.3 Å². The first kappa shape index (κ1) is 16.8. The van der Waals surface area contributed by atoms with Crippen molar-refractivity contribution in [2.75, 3.05) is 38.7 Å². The average Bonchev–Trinajstić information content (AvgIpc) is 3.04. The topological polar surface area (TPSA) is 59.6 Å². The molecule has 1 saturated heterocycles. The highest BCUT2D eigenvalue weighted by atomic mass is 16.5. The molecule has 1 amide bonds. The van der Waals surface area contributed by atoms with E-state index in [4.69, 9.17) is 9.47 Å². The van der Waals surface area contributed by atoms with Crippen LogP contribution in [0.1, 0.15) is 25.7 Å². The zero-order valence-electron chi connectivity index (χ0n) is 13.3. The van der Waals surface area contributed by atoms with E-state index in [1.165, 1.54) is 6.42 Å². The molecule has 1 aromatic rings. The van der Waals surface area contributed by atoms with E-state index in [0.717, 1.165) is 37.4 Å². The number of carbonyl (C=O) groups excluding carboxylic acids is 1. The van der Waals surface area contributed by atoms with Gasteiger partial charge in [0.25, 0.3) is 0 Å². The Morgan fingerprint density at radius 2 is 2.23 bits per heavy atom. The molecule has 0 radical (unpaired) electrons. The van der Waals surface area contributed by atoms with E-state index in [-0.39, 0.29) is 5.91 Å². The molecule has 1 aromatic carbocycles. The van der Waals surface area contributed by atoms with Crippen molar-refractivity contribution in [1.29, 1.82) is 0 Å². The molecule has 1 aliphatic rings. The standard InChI is InChI=1S/C17H26N2O3/c1-21-11-4-12-22-16-6-3-2-5-15(16)19-17(20)8-7-14-9-10-18-13-14/h2-3,5-6,14,18H,4,7-13H2,1H3,(H,19,20). The number of amides is 1. The minimum absolute atomic E-state index is 0.0554. The van der Waals surface area contributed by atoms with Gasteiger partial charge in [-0.15, -0.1) is 0 Å². The predicted octanol–water partition coefficient (Wildman–Crippen LogP) is 2.43. The average molecular weight is 306 g/mol. The third-order valence-electron chi connectivity index (χ3n) is 3.85. The molecular formula is C17H26N2O3. The molecule has 5 nitrogen and oxygen atoms in total. The summed E-state index contributed by atoms with van der Waals surface area (Å²) in [5.41, 5.74) is 0.745. The third-order valence-corrected chi connectivity index (χ3v) is 3.85. The molecule has 5 heteroatoms. The zero-order chi connectivity index (χ0) is 15.6. The van der Waals surface area contributed by atoms with Crippen LogP contribution in [-0.4, -0.2) is 39.3 Å². The number of carbonyl (C=O) groups is 1. The first-order chi connectivity index (χ1) is 10.8. The normalized spacial score (nSPS) is 17.4. The van der Waals surface area contributed by atoms with Crippen LogP contribution in [0.5, 0.6) is 5.75 Å². The first-order valence-electron chi connectivity index (χ1n) is 8.01. The van der Waals surface area contributed by atoms with Gasteiger partial charge in [-0.1, -0.05) is 12.1 Å². The highest BCUT2D eigenvalue weighted by Crippen LogP contribution is 2.24. The van der Waals surface area contributed by atoms with Gasteiger partial charge >= 0.3 is 0 Å². The van der Waals surface area contributed by atoms with Crippen molar-refractivity contribution in [3.8, 4) is 5.75 Å². The lowest BCUT2D eigenvalue weighted by Crippen LogP contribution is -2.15. The van der Waals surface area contributed by atoms with Crippen LogP contribution in [0, 0.1) is 5.92 Å². The summed E-state index contributed by atoms with van der Waals surface area (Å²) >= 11 is 0. The number of hydrogen-bond acceptors (Lipinski definition) is 4. The second-order valence-corrected chi connectivity index (χ2v) is 5.64. The fraction of sp³-hybridized carbons (Fsp3) is 0.588. The highest BCUT2D eigenvalue weighted by molar-refractivity contribution is 5.92. The summed E-state index contributed by atoms with van der Waals surface area (Å²) in [5, 5.41) is 6.29. The number of anilines is 1. The number of ether oxygens (including phenoxy) is 2. The van der Waals surface area contributed by atoms with Gasteiger partial charge in [0.05, 0.1) is 12.3 Å². The molecule has 0 spiro atoms. The van der Waals surface area contributed by atoms with Crippen molar-refractivity contribution in [3.05, 3.63) is 24.3 Å². The summed E-state index contributed by atoms with van der Waals surface area (Å²) in [6, 6.07) is 7.56. The van der Waals surface area contributed by atoms with E-state index in [9.17, 15) is 4.79 Å². The summed E-state index contributed by atoms with van der Waals surface area (Å²) in [4.78, 5) is 12.1. The van der Waals surface area contributed by atoms with Gasteiger partial charge in [0, 0.05) is 26.6 Å². The van der Waals surface area contributed by atoms with E-state index in [1.807, 2.05) is 24.3 Å². The maximum Gasteiger partial charge on any atom is 0.224 e. The van der Waals surface area contributed by atoms with Gasteiger partial charge in [-0.05, 0) is 44.0 Å². The third kappa shape index (κ3) is 5.66. The lowest BCUT2D eigenvalue weighted by Gasteiger charge is -2.13. The van der Waals surface area contributed by atoms with E-state index in [2.05, 4.69) is 10.6 Å². The Labute approximate surface area is 132 Å². The van der Waals surface area contributed by atoms with Crippen LogP contribution < -0.4 is 15.4 Å². The van der Waals surface area contributed by atoms with Gasteiger partial charge < -0.3 is 20.1 Å². The molecule has 22 heavy (non-hydrogen) atoms. The monoisotopic (exact) mass is 306 g/mol. The molecule has 2 N–H and O–H groups in total. The zero-order valence-corrected chi connectivity index (χ0v) is 13.3. The van der Waals surface area contributed by atoms with E-state index >= 15 is 0 Å². The molecular weight excluding hydrogens is 280 g/mol. The Morgan fingerprint density at radius 1 is 1.36 bits per heavy atom.